The van der Waals surface area contributed by atoms with Crippen LogP contribution in [-0.4, -0.2) is 8.57 Å². The molecule has 4 heteroatoms. The predicted molar refractivity (Wildman–Crippen MR) is 37.1 cm³/mol. The first-order valence-electron chi connectivity index (χ1n) is 1.21. The number of rotatable bonds is 1. The first kappa shape index (κ1) is 7.54. The van der Waals surface area contributed by atoms with Gasteiger partial charge in [0.25, 0.3) is 0 Å². The first-order valence-corrected chi connectivity index (χ1v) is 3.91. The maximum atomic E-state index is 5.28. The summed E-state index contributed by atoms with van der Waals surface area (Å²) in [6.07, 6.45) is 0. The van der Waals surface area contributed by atoms with Gasteiger partial charge >= 0.3 is 0 Å². The van der Waals surface area contributed by atoms with Crippen LogP contribution in [0.5, 0.6) is 0 Å². The average Bonchev–Trinajstić information content (AvgIpc) is 1.36. The molecule has 0 aliphatic rings. The second kappa shape index (κ2) is 3.53. The second-order valence-electron chi connectivity index (χ2n) is 0.669. The molecular weight excluding hydrogens is 255 g/mol. The van der Waals surface area contributed by atoms with Crippen molar-refractivity contribution in [2.75, 3.05) is 0 Å². The first-order chi connectivity index (χ1) is 2.64. The minimum Gasteiger partial charge on any atom is -0.103 e. The zero-order valence-corrected chi connectivity index (χ0v) is 7.35. The van der Waals surface area contributed by atoms with Crippen LogP contribution in [0.4, 0.5) is 0 Å². The van der Waals surface area contributed by atoms with Crippen molar-refractivity contribution in [3.05, 3.63) is 0 Å². The van der Waals surface area contributed by atoms with Crippen LogP contribution in [0.3, 0.4) is 0 Å². The Labute approximate surface area is 63.4 Å². The average molecular weight is 257 g/mol. The number of halogens is 4. The molecule has 0 aromatic heterocycles. The highest BCUT2D eigenvalue weighted by Gasteiger charge is 2.05. The van der Waals surface area contributed by atoms with E-state index in [1.807, 2.05) is 0 Å². The van der Waals surface area contributed by atoms with E-state index in [-0.39, 0.29) is 8.57 Å². The van der Waals surface area contributed by atoms with Gasteiger partial charge in [-0.1, -0.05) is 31.9 Å². The molecule has 38 valence electrons. The molecule has 0 rings (SSSR count). The van der Waals surface area contributed by atoms with Crippen molar-refractivity contribution < 1.29 is 0 Å². The Bertz CT molecular complexity index is 30.5. The molecule has 0 saturated carbocycles. The fraction of sp³-hybridized carbons (Fsp3) is 1.00. The lowest BCUT2D eigenvalue weighted by atomic mass is 11.0. The summed E-state index contributed by atoms with van der Waals surface area (Å²) in [5.74, 6) is 0. The molecule has 0 spiro atoms. The molecule has 0 heterocycles. The molecule has 0 fully saturated rings. The molecule has 0 N–H and O–H groups in total. The quantitative estimate of drug-likeness (QED) is 0.633. The Morgan fingerprint density at radius 3 is 1.33 bits per heavy atom. The largest absolute Gasteiger partial charge is 0.130 e. The summed E-state index contributed by atoms with van der Waals surface area (Å²) >= 11 is 16.8. The summed E-state index contributed by atoms with van der Waals surface area (Å²) < 4.78 is 0.00772. The molecule has 0 nitrogen and oxygen atoms in total. The molecule has 0 radical (unpaired) electrons. The van der Waals surface area contributed by atoms with Gasteiger partial charge in [-0.2, -0.15) is 0 Å². The smallest absolute Gasteiger partial charge is 0.103 e. The molecule has 0 unspecified atom stereocenters. The maximum absolute atomic E-state index is 5.28. The highest BCUT2D eigenvalue weighted by atomic mass is 79.9. The maximum Gasteiger partial charge on any atom is 0.130 e. The van der Waals surface area contributed by atoms with Crippen LogP contribution in [0.25, 0.3) is 0 Å². The van der Waals surface area contributed by atoms with Crippen LogP contribution in [-0.2, 0) is 0 Å². The minimum atomic E-state index is -0.370. The standard InChI is InChI=1S/C2H2Br2Cl2/c3-1(4)2(5)6/h1-2H. The van der Waals surface area contributed by atoms with E-state index >= 15 is 0 Å². The Morgan fingerprint density at radius 1 is 1.17 bits per heavy atom. The van der Waals surface area contributed by atoms with Gasteiger partial charge in [0.15, 0.2) is 0 Å². The second-order valence-corrected chi connectivity index (χ2v) is 5.03. The van der Waals surface area contributed by atoms with Crippen molar-refractivity contribution >= 4 is 55.1 Å². The summed E-state index contributed by atoms with van der Waals surface area (Å²) in [6, 6.07) is 0. The summed E-state index contributed by atoms with van der Waals surface area (Å²) in [5, 5.41) is 0. The monoisotopic (exact) mass is 254 g/mol. The summed E-state index contributed by atoms with van der Waals surface area (Å²) in [6.45, 7) is 0. The van der Waals surface area contributed by atoms with Crippen LogP contribution in [0, 0.1) is 0 Å². The Morgan fingerprint density at radius 2 is 1.33 bits per heavy atom. The van der Waals surface area contributed by atoms with Crippen LogP contribution in [0.15, 0.2) is 0 Å². The molecule has 0 aliphatic heterocycles. The lowest BCUT2D eigenvalue weighted by Gasteiger charge is -1.96. The van der Waals surface area contributed by atoms with Crippen molar-refractivity contribution in [1.29, 1.82) is 0 Å². The molecule has 0 saturated heterocycles. The zero-order chi connectivity index (χ0) is 5.15. The van der Waals surface area contributed by atoms with Crippen molar-refractivity contribution in [1.82, 2.24) is 0 Å². The van der Waals surface area contributed by atoms with E-state index in [9.17, 15) is 0 Å². The number of hydrogen-bond donors (Lipinski definition) is 0. The molecule has 0 aromatic carbocycles. The van der Waals surface area contributed by atoms with Gasteiger partial charge in [0.2, 0.25) is 0 Å². The minimum absolute atomic E-state index is 0.00772. The lowest BCUT2D eigenvalue weighted by Crippen LogP contribution is -1.94. The third-order valence-electron chi connectivity index (χ3n) is 0.190. The van der Waals surface area contributed by atoms with E-state index in [4.69, 9.17) is 23.2 Å². The van der Waals surface area contributed by atoms with E-state index in [1.165, 1.54) is 0 Å². The molecular formula is C2H2Br2Cl2. The molecule has 0 aromatic rings. The van der Waals surface area contributed by atoms with Gasteiger partial charge in [0.05, 0.1) is 3.74 Å². The van der Waals surface area contributed by atoms with Gasteiger partial charge in [0, 0.05) is 0 Å². The Hall–Kier alpha value is 1.54. The van der Waals surface area contributed by atoms with Crippen molar-refractivity contribution in [3.63, 3.8) is 0 Å². The SMILES string of the molecule is ClC(Cl)C(Br)Br. The predicted octanol–water partition coefficient (Wildman–Crippen LogP) is 2.91. The summed E-state index contributed by atoms with van der Waals surface area (Å²) in [4.78, 5) is -0.370. The van der Waals surface area contributed by atoms with Crippen molar-refractivity contribution in [3.8, 4) is 0 Å². The van der Waals surface area contributed by atoms with E-state index in [2.05, 4.69) is 31.9 Å². The zero-order valence-electron chi connectivity index (χ0n) is 2.67. The molecule has 6 heavy (non-hydrogen) atoms. The van der Waals surface area contributed by atoms with Gasteiger partial charge in [-0.05, 0) is 0 Å². The third kappa shape index (κ3) is 3.72. The van der Waals surface area contributed by atoms with Crippen LogP contribution < -0.4 is 0 Å². The molecule has 0 amide bonds. The van der Waals surface area contributed by atoms with Crippen LogP contribution in [0.1, 0.15) is 0 Å². The van der Waals surface area contributed by atoms with Gasteiger partial charge < -0.3 is 0 Å². The van der Waals surface area contributed by atoms with Crippen LogP contribution >= 0.6 is 55.1 Å². The van der Waals surface area contributed by atoms with Gasteiger partial charge in [0.1, 0.15) is 4.84 Å². The number of hydrogen-bond acceptors (Lipinski definition) is 0. The summed E-state index contributed by atoms with van der Waals surface area (Å²) in [5.41, 5.74) is 0. The summed E-state index contributed by atoms with van der Waals surface area (Å²) in [7, 11) is 0. The van der Waals surface area contributed by atoms with E-state index < -0.39 is 0 Å². The Balaban J connectivity index is 2.99. The van der Waals surface area contributed by atoms with Crippen LogP contribution in [0.2, 0.25) is 0 Å². The van der Waals surface area contributed by atoms with Gasteiger partial charge in [-0.3, -0.25) is 0 Å². The lowest BCUT2D eigenvalue weighted by molar-refractivity contribution is 1.37. The fourth-order valence-electron chi connectivity index (χ4n) is 0. The van der Waals surface area contributed by atoms with Crippen molar-refractivity contribution in [2.24, 2.45) is 0 Å². The van der Waals surface area contributed by atoms with Gasteiger partial charge in [-0.25, -0.2) is 0 Å². The van der Waals surface area contributed by atoms with E-state index in [1.54, 1.807) is 0 Å². The normalized spacial score (nSPS) is 11.0. The third-order valence-corrected chi connectivity index (χ3v) is 2.97. The topological polar surface area (TPSA) is 0 Å². The highest BCUT2D eigenvalue weighted by Crippen LogP contribution is 2.20. The molecule has 0 aliphatic carbocycles. The van der Waals surface area contributed by atoms with E-state index in [0.29, 0.717) is 0 Å². The number of alkyl halides is 4. The van der Waals surface area contributed by atoms with Gasteiger partial charge in [-0.15, -0.1) is 23.2 Å². The van der Waals surface area contributed by atoms with Crippen molar-refractivity contribution in [2.45, 2.75) is 8.57 Å². The highest BCUT2D eigenvalue weighted by molar-refractivity contribution is 9.24. The molecule has 0 bridgehead atoms. The van der Waals surface area contributed by atoms with E-state index in [0.717, 1.165) is 0 Å². The fourth-order valence-corrected chi connectivity index (χ4v) is 0. The Kier molecular flexibility index (Phi) is 4.44. The molecule has 0 atom stereocenters.